The number of nitrogens with zero attached hydrogens (tertiary/aromatic N) is 1. The lowest BCUT2D eigenvalue weighted by Crippen LogP contribution is -2.24. The Labute approximate surface area is 170 Å². The Morgan fingerprint density at radius 2 is 1.93 bits per heavy atom. The van der Waals surface area contributed by atoms with Crippen LogP contribution < -0.4 is 10.2 Å². The zero-order valence-electron chi connectivity index (χ0n) is 16.8. The number of carbonyl (C=O) groups is 1. The van der Waals surface area contributed by atoms with Gasteiger partial charge in [-0.1, -0.05) is 13.0 Å². The van der Waals surface area contributed by atoms with Crippen molar-refractivity contribution in [3.8, 4) is 0 Å². The molecule has 0 saturated heterocycles. The first-order chi connectivity index (χ1) is 13.3. The molecule has 0 bridgehead atoms. The summed E-state index contributed by atoms with van der Waals surface area (Å²) in [5.74, 6) is 0.860. The van der Waals surface area contributed by atoms with Gasteiger partial charge in [0.1, 0.15) is 5.82 Å². The van der Waals surface area contributed by atoms with Gasteiger partial charge in [-0.3, -0.25) is 4.79 Å². The molecule has 2 aliphatic rings. The smallest absolute Gasteiger partial charge is 0.224 e. The maximum absolute atomic E-state index is 13.5. The van der Waals surface area contributed by atoms with E-state index in [1.54, 1.807) is 23.9 Å². The van der Waals surface area contributed by atoms with Gasteiger partial charge in [0, 0.05) is 41.5 Å². The number of benzene rings is 2. The molecule has 28 heavy (non-hydrogen) atoms. The summed E-state index contributed by atoms with van der Waals surface area (Å²) in [5, 5.41) is 3.14. The molecule has 1 amide bonds. The number of hydrogen-bond acceptors (Lipinski definition) is 3. The van der Waals surface area contributed by atoms with Crippen LogP contribution in [0.1, 0.15) is 42.9 Å². The standard InChI is InChI=1S/C23H27FN2OS/c1-15-10-19(11-16(2)22(15)25-21(27)13-23(3)6-7-23)26-8-9-28-20-12-18(24)5-4-17(20)14-26/h4-5,10-12H,6-9,13-14H2,1-3H3,(H,25,27). The van der Waals surface area contributed by atoms with Crippen LogP contribution in [-0.2, 0) is 11.3 Å². The van der Waals surface area contributed by atoms with Crippen molar-refractivity contribution in [3.63, 3.8) is 0 Å². The van der Waals surface area contributed by atoms with Crippen LogP contribution in [0.4, 0.5) is 15.8 Å². The fourth-order valence-electron chi connectivity index (χ4n) is 3.85. The molecule has 4 rings (SSSR count). The minimum absolute atomic E-state index is 0.112. The second kappa shape index (κ2) is 7.43. The van der Waals surface area contributed by atoms with E-state index >= 15 is 0 Å². The molecule has 1 aliphatic heterocycles. The summed E-state index contributed by atoms with van der Waals surface area (Å²) in [7, 11) is 0. The predicted molar refractivity (Wildman–Crippen MR) is 115 cm³/mol. The lowest BCUT2D eigenvalue weighted by molar-refractivity contribution is -0.117. The fraction of sp³-hybridized carbons (Fsp3) is 0.435. The van der Waals surface area contributed by atoms with Gasteiger partial charge in [0.25, 0.3) is 0 Å². The van der Waals surface area contributed by atoms with Gasteiger partial charge < -0.3 is 10.2 Å². The van der Waals surface area contributed by atoms with Gasteiger partial charge in [0.15, 0.2) is 0 Å². The minimum atomic E-state index is -0.174. The quantitative estimate of drug-likeness (QED) is 0.719. The van der Waals surface area contributed by atoms with Gasteiger partial charge in [-0.25, -0.2) is 4.39 Å². The molecular weight excluding hydrogens is 371 g/mol. The molecule has 0 unspecified atom stereocenters. The molecule has 1 saturated carbocycles. The summed E-state index contributed by atoms with van der Waals surface area (Å²) >= 11 is 1.71. The van der Waals surface area contributed by atoms with Crippen molar-refractivity contribution in [2.45, 2.75) is 51.5 Å². The summed E-state index contributed by atoms with van der Waals surface area (Å²) in [5.41, 5.74) is 5.63. The van der Waals surface area contributed by atoms with Crippen molar-refractivity contribution in [3.05, 3.63) is 52.8 Å². The highest BCUT2D eigenvalue weighted by atomic mass is 32.2. The highest BCUT2D eigenvalue weighted by Crippen LogP contribution is 2.48. The zero-order valence-corrected chi connectivity index (χ0v) is 17.6. The second-order valence-corrected chi connectivity index (χ2v) is 9.65. The number of aryl methyl sites for hydroxylation is 2. The molecule has 0 spiro atoms. The Balaban J connectivity index is 1.54. The third-order valence-corrected chi connectivity index (χ3v) is 6.92. The molecule has 1 heterocycles. The number of carbonyl (C=O) groups excluding carboxylic acids is 1. The van der Waals surface area contributed by atoms with Crippen molar-refractivity contribution in [1.82, 2.24) is 0 Å². The van der Waals surface area contributed by atoms with E-state index in [9.17, 15) is 9.18 Å². The molecule has 2 aromatic carbocycles. The third-order valence-electron chi connectivity index (χ3n) is 5.85. The number of halogens is 1. The van der Waals surface area contributed by atoms with Crippen LogP contribution in [-0.4, -0.2) is 18.2 Å². The van der Waals surface area contributed by atoms with Gasteiger partial charge >= 0.3 is 0 Å². The highest BCUT2D eigenvalue weighted by Gasteiger charge is 2.39. The van der Waals surface area contributed by atoms with Crippen LogP contribution in [0, 0.1) is 25.1 Å². The summed E-state index contributed by atoms with van der Waals surface area (Å²) in [4.78, 5) is 15.8. The van der Waals surface area contributed by atoms with Crippen molar-refractivity contribution in [2.24, 2.45) is 5.41 Å². The Morgan fingerprint density at radius 1 is 1.21 bits per heavy atom. The van der Waals surface area contributed by atoms with Crippen molar-refractivity contribution >= 4 is 29.0 Å². The summed E-state index contributed by atoms with van der Waals surface area (Å²) in [6.07, 6.45) is 2.90. The first-order valence-corrected chi connectivity index (χ1v) is 10.9. The van der Waals surface area contributed by atoms with Gasteiger partial charge in [-0.15, -0.1) is 11.8 Å². The van der Waals surface area contributed by atoms with Gasteiger partial charge in [-0.05, 0) is 73.1 Å². The number of rotatable bonds is 4. The minimum Gasteiger partial charge on any atom is -0.366 e. The van der Waals surface area contributed by atoms with Crippen LogP contribution in [0.15, 0.2) is 35.2 Å². The van der Waals surface area contributed by atoms with Crippen molar-refractivity contribution in [1.29, 1.82) is 0 Å². The van der Waals surface area contributed by atoms with Crippen LogP contribution in [0.5, 0.6) is 0 Å². The summed E-state index contributed by atoms with van der Waals surface area (Å²) < 4.78 is 13.5. The van der Waals surface area contributed by atoms with Gasteiger partial charge in [0.2, 0.25) is 5.91 Å². The predicted octanol–water partition coefficient (Wildman–Crippen LogP) is 5.68. The van der Waals surface area contributed by atoms with E-state index in [2.05, 4.69) is 43.1 Å². The van der Waals surface area contributed by atoms with Gasteiger partial charge in [0.05, 0.1) is 0 Å². The number of anilines is 2. The summed E-state index contributed by atoms with van der Waals surface area (Å²) in [6, 6.07) is 9.38. The van der Waals surface area contributed by atoms with E-state index in [1.807, 2.05) is 6.07 Å². The topological polar surface area (TPSA) is 32.3 Å². The summed E-state index contributed by atoms with van der Waals surface area (Å²) in [6.45, 7) is 7.97. The van der Waals surface area contributed by atoms with E-state index in [4.69, 9.17) is 0 Å². The van der Waals surface area contributed by atoms with Crippen molar-refractivity contribution < 1.29 is 9.18 Å². The molecule has 0 radical (unpaired) electrons. The molecule has 148 valence electrons. The van der Waals surface area contributed by atoms with Crippen molar-refractivity contribution in [2.75, 3.05) is 22.5 Å². The lowest BCUT2D eigenvalue weighted by atomic mass is 10.0. The molecule has 1 aliphatic carbocycles. The van der Waals surface area contributed by atoms with E-state index in [-0.39, 0.29) is 17.1 Å². The molecule has 1 N–H and O–H groups in total. The van der Waals surface area contributed by atoms with E-state index < -0.39 is 0 Å². The second-order valence-electron chi connectivity index (χ2n) is 8.51. The fourth-order valence-corrected chi connectivity index (χ4v) is 4.89. The molecular formula is C23H27FN2OS. The average Bonchev–Trinajstić information content (AvgIpc) is 3.39. The number of nitrogens with one attached hydrogen (secondary N) is 1. The number of amides is 1. The molecule has 3 nitrogen and oxygen atoms in total. The number of hydrogen-bond donors (Lipinski definition) is 1. The molecule has 1 fully saturated rings. The SMILES string of the molecule is Cc1cc(N2CCSc3cc(F)ccc3C2)cc(C)c1NC(=O)CC1(C)CC1. The Morgan fingerprint density at radius 3 is 2.61 bits per heavy atom. The molecule has 2 aromatic rings. The van der Waals surface area contributed by atoms with E-state index in [0.717, 1.165) is 64.6 Å². The largest absolute Gasteiger partial charge is 0.366 e. The Hall–Kier alpha value is -2.01. The van der Waals surface area contributed by atoms with E-state index in [1.165, 1.54) is 0 Å². The van der Waals surface area contributed by atoms with E-state index in [0.29, 0.717) is 6.42 Å². The number of thioether (sulfide) groups is 1. The zero-order chi connectivity index (χ0) is 19.9. The third kappa shape index (κ3) is 4.19. The monoisotopic (exact) mass is 398 g/mol. The molecule has 0 aromatic heterocycles. The Bertz CT molecular complexity index is 900. The highest BCUT2D eigenvalue weighted by molar-refractivity contribution is 7.99. The lowest BCUT2D eigenvalue weighted by Gasteiger charge is -2.25. The van der Waals surface area contributed by atoms with Gasteiger partial charge in [-0.2, -0.15) is 0 Å². The first-order valence-electron chi connectivity index (χ1n) is 9.90. The van der Waals surface area contributed by atoms with Crippen LogP contribution in [0.2, 0.25) is 0 Å². The number of fused-ring (bicyclic) bond motifs is 1. The Kier molecular flexibility index (Phi) is 5.13. The first kappa shape index (κ1) is 19.3. The maximum atomic E-state index is 13.5. The van der Waals surface area contributed by atoms with Crippen LogP contribution in [0.3, 0.4) is 0 Å². The average molecular weight is 399 g/mol. The molecule has 5 heteroatoms. The van der Waals surface area contributed by atoms with Crippen LogP contribution >= 0.6 is 11.8 Å². The van der Waals surface area contributed by atoms with Crippen LogP contribution in [0.25, 0.3) is 0 Å². The molecule has 0 atom stereocenters. The normalized spacial score (nSPS) is 17.6. The maximum Gasteiger partial charge on any atom is 0.224 e.